The zero-order valence-electron chi connectivity index (χ0n) is 17.6. The smallest absolute Gasteiger partial charge is 0.407 e. The standard InChI is InChI=1S/C19H39N5O2/c1-8-26-19(25)22-16(9-13(2)3)10-21-18(20-7)23-17-12-24(14(4)5)11-15(17)6/h13-17H,8-12H2,1-7H3,(H,22,25)(H2,20,21,23). The second kappa shape index (κ2) is 11.3. The minimum absolute atomic E-state index is 0.000707. The molecule has 0 aliphatic carbocycles. The molecule has 0 aromatic carbocycles. The van der Waals surface area contributed by atoms with Gasteiger partial charge in [-0.15, -0.1) is 0 Å². The highest BCUT2D eigenvalue weighted by atomic mass is 16.5. The van der Waals surface area contributed by atoms with Crippen LogP contribution in [0.25, 0.3) is 0 Å². The molecule has 1 amide bonds. The molecule has 1 saturated heterocycles. The van der Waals surface area contributed by atoms with Crippen LogP contribution in [-0.2, 0) is 4.74 Å². The molecular formula is C19H39N5O2. The van der Waals surface area contributed by atoms with Gasteiger partial charge in [0.1, 0.15) is 0 Å². The molecule has 7 heteroatoms. The summed E-state index contributed by atoms with van der Waals surface area (Å²) in [6.07, 6.45) is 0.518. The molecule has 3 N–H and O–H groups in total. The maximum atomic E-state index is 11.8. The highest BCUT2D eigenvalue weighted by molar-refractivity contribution is 5.80. The lowest BCUT2D eigenvalue weighted by Gasteiger charge is -2.24. The fraction of sp³-hybridized carbons (Fsp3) is 0.895. The van der Waals surface area contributed by atoms with Crippen LogP contribution in [0.5, 0.6) is 0 Å². The summed E-state index contributed by atoms with van der Waals surface area (Å²) < 4.78 is 5.01. The van der Waals surface area contributed by atoms with Gasteiger partial charge in [0.25, 0.3) is 0 Å². The number of likely N-dealkylation sites (tertiary alicyclic amines) is 1. The lowest BCUT2D eigenvalue weighted by atomic mass is 10.0. The summed E-state index contributed by atoms with van der Waals surface area (Å²) in [5.74, 6) is 1.83. The van der Waals surface area contributed by atoms with Crippen LogP contribution in [-0.4, -0.2) is 68.4 Å². The first-order chi connectivity index (χ1) is 12.3. The van der Waals surface area contributed by atoms with Crippen molar-refractivity contribution >= 4 is 12.1 Å². The first-order valence-corrected chi connectivity index (χ1v) is 9.91. The van der Waals surface area contributed by atoms with E-state index in [0.717, 1.165) is 25.5 Å². The van der Waals surface area contributed by atoms with Crippen molar-refractivity contribution in [1.29, 1.82) is 0 Å². The van der Waals surface area contributed by atoms with E-state index < -0.39 is 0 Å². The third-order valence-corrected chi connectivity index (χ3v) is 4.79. The number of carbonyl (C=O) groups is 1. The maximum absolute atomic E-state index is 11.8. The van der Waals surface area contributed by atoms with Crippen LogP contribution in [0.15, 0.2) is 4.99 Å². The average Bonchev–Trinajstić information content (AvgIpc) is 2.91. The number of alkyl carbamates (subject to hydrolysis) is 1. The fourth-order valence-corrected chi connectivity index (χ4v) is 3.31. The molecule has 152 valence electrons. The third kappa shape index (κ3) is 7.81. The number of aliphatic imine (C=N–C) groups is 1. The van der Waals surface area contributed by atoms with E-state index in [-0.39, 0.29) is 12.1 Å². The molecule has 1 fully saturated rings. The Kier molecular flexibility index (Phi) is 9.76. The molecule has 1 aliphatic rings. The Morgan fingerprint density at radius 1 is 1.27 bits per heavy atom. The van der Waals surface area contributed by atoms with Crippen molar-refractivity contribution in [2.75, 3.05) is 33.3 Å². The Bertz CT molecular complexity index is 453. The molecule has 1 rings (SSSR count). The number of carbonyl (C=O) groups excluding carboxylic acids is 1. The Hall–Kier alpha value is -1.50. The molecule has 0 spiro atoms. The van der Waals surface area contributed by atoms with Gasteiger partial charge in [-0.05, 0) is 39.0 Å². The van der Waals surface area contributed by atoms with Gasteiger partial charge >= 0.3 is 6.09 Å². The number of amides is 1. The van der Waals surface area contributed by atoms with E-state index in [9.17, 15) is 4.79 Å². The summed E-state index contributed by atoms with van der Waals surface area (Å²) in [5, 5.41) is 9.84. The maximum Gasteiger partial charge on any atom is 0.407 e. The number of hydrogen-bond donors (Lipinski definition) is 3. The minimum Gasteiger partial charge on any atom is -0.450 e. The van der Waals surface area contributed by atoms with E-state index in [1.807, 2.05) is 6.92 Å². The highest BCUT2D eigenvalue weighted by Gasteiger charge is 2.31. The monoisotopic (exact) mass is 369 g/mol. The molecule has 26 heavy (non-hydrogen) atoms. The van der Waals surface area contributed by atoms with Gasteiger partial charge in [-0.3, -0.25) is 9.89 Å². The molecular weight excluding hydrogens is 330 g/mol. The van der Waals surface area contributed by atoms with Gasteiger partial charge in [0, 0.05) is 44.8 Å². The molecule has 0 radical (unpaired) electrons. The quantitative estimate of drug-likeness (QED) is 0.451. The fourth-order valence-electron chi connectivity index (χ4n) is 3.31. The number of guanidine groups is 1. The summed E-state index contributed by atoms with van der Waals surface area (Å²) in [7, 11) is 1.78. The number of nitrogens with one attached hydrogen (secondary N) is 3. The van der Waals surface area contributed by atoms with Crippen molar-refractivity contribution in [3.8, 4) is 0 Å². The third-order valence-electron chi connectivity index (χ3n) is 4.79. The summed E-state index contributed by atoms with van der Waals surface area (Å²) in [5.41, 5.74) is 0. The molecule has 3 unspecified atom stereocenters. The van der Waals surface area contributed by atoms with Gasteiger partial charge in [-0.25, -0.2) is 4.79 Å². The number of rotatable bonds is 8. The zero-order chi connectivity index (χ0) is 19.7. The first-order valence-electron chi connectivity index (χ1n) is 9.91. The topological polar surface area (TPSA) is 78.0 Å². The molecule has 0 aromatic rings. The van der Waals surface area contributed by atoms with E-state index in [0.29, 0.717) is 37.1 Å². The Labute approximate surface area is 159 Å². The second-order valence-electron chi connectivity index (χ2n) is 7.92. The second-order valence-corrected chi connectivity index (χ2v) is 7.92. The van der Waals surface area contributed by atoms with Crippen LogP contribution < -0.4 is 16.0 Å². The molecule has 1 aliphatic heterocycles. The van der Waals surface area contributed by atoms with Crippen molar-refractivity contribution in [2.45, 2.75) is 66.1 Å². The van der Waals surface area contributed by atoms with Crippen LogP contribution in [0.2, 0.25) is 0 Å². The molecule has 0 saturated carbocycles. The Morgan fingerprint density at radius 3 is 2.46 bits per heavy atom. The lowest BCUT2D eigenvalue weighted by molar-refractivity contribution is 0.146. The van der Waals surface area contributed by atoms with E-state index in [4.69, 9.17) is 4.74 Å². The SMILES string of the molecule is CCOC(=O)NC(CNC(=NC)NC1CN(C(C)C)CC1C)CC(C)C. The van der Waals surface area contributed by atoms with Crippen LogP contribution >= 0.6 is 0 Å². The normalized spacial score (nSPS) is 22.6. The van der Waals surface area contributed by atoms with Crippen molar-refractivity contribution in [3.63, 3.8) is 0 Å². The molecule has 0 bridgehead atoms. The van der Waals surface area contributed by atoms with Gasteiger partial charge in [0.15, 0.2) is 5.96 Å². The summed E-state index contributed by atoms with van der Waals surface area (Å²) >= 11 is 0. The van der Waals surface area contributed by atoms with Crippen LogP contribution in [0.1, 0.15) is 48.0 Å². The van der Waals surface area contributed by atoms with E-state index >= 15 is 0 Å². The summed E-state index contributed by atoms with van der Waals surface area (Å²) in [6.45, 7) is 16.0. The van der Waals surface area contributed by atoms with Crippen molar-refractivity contribution in [2.24, 2.45) is 16.8 Å². The number of nitrogens with zero attached hydrogens (tertiary/aromatic N) is 2. The number of ether oxygens (including phenoxy) is 1. The molecule has 0 aromatic heterocycles. The predicted molar refractivity (Wildman–Crippen MR) is 108 cm³/mol. The lowest BCUT2D eigenvalue weighted by Crippen LogP contribution is -2.51. The Balaban J connectivity index is 2.55. The van der Waals surface area contributed by atoms with Crippen LogP contribution in [0, 0.1) is 11.8 Å². The van der Waals surface area contributed by atoms with Gasteiger partial charge in [0.05, 0.1) is 6.61 Å². The van der Waals surface area contributed by atoms with Gasteiger partial charge in [0.2, 0.25) is 0 Å². The summed E-state index contributed by atoms with van der Waals surface area (Å²) in [4.78, 5) is 18.6. The Morgan fingerprint density at radius 2 is 1.96 bits per heavy atom. The van der Waals surface area contributed by atoms with E-state index in [1.54, 1.807) is 7.05 Å². The predicted octanol–water partition coefficient (Wildman–Crippen LogP) is 2.04. The van der Waals surface area contributed by atoms with Crippen molar-refractivity contribution < 1.29 is 9.53 Å². The molecule has 3 atom stereocenters. The van der Waals surface area contributed by atoms with Crippen molar-refractivity contribution in [3.05, 3.63) is 0 Å². The highest BCUT2D eigenvalue weighted by Crippen LogP contribution is 2.18. The van der Waals surface area contributed by atoms with Crippen molar-refractivity contribution in [1.82, 2.24) is 20.9 Å². The summed E-state index contributed by atoms with van der Waals surface area (Å²) in [6, 6.07) is 0.939. The first kappa shape index (κ1) is 22.5. The molecule has 7 nitrogen and oxygen atoms in total. The average molecular weight is 370 g/mol. The van der Waals surface area contributed by atoms with Gasteiger partial charge < -0.3 is 20.7 Å². The van der Waals surface area contributed by atoms with Gasteiger partial charge in [-0.1, -0.05) is 20.8 Å². The molecule has 1 heterocycles. The van der Waals surface area contributed by atoms with E-state index in [2.05, 4.69) is 60.5 Å². The largest absolute Gasteiger partial charge is 0.450 e. The minimum atomic E-state index is -0.361. The van der Waals surface area contributed by atoms with Crippen LogP contribution in [0.3, 0.4) is 0 Å². The van der Waals surface area contributed by atoms with Gasteiger partial charge in [-0.2, -0.15) is 0 Å². The number of hydrogen-bond acceptors (Lipinski definition) is 4. The zero-order valence-corrected chi connectivity index (χ0v) is 17.6. The van der Waals surface area contributed by atoms with Crippen LogP contribution in [0.4, 0.5) is 4.79 Å². The van der Waals surface area contributed by atoms with E-state index in [1.165, 1.54) is 0 Å².